The average molecular weight is 345 g/mol. The Labute approximate surface area is 144 Å². The van der Waals surface area contributed by atoms with E-state index >= 15 is 0 Å². The van der Waals surface area contributed by atoms with E-state index in [9.17, 15) is 4.79 Å². The van der Waals surface area contributed by atoms with E-state index in [1.54, 1.807) is 11.3 Å². The fourth-order valence-corrected chi connectivity index (χ4v) is 3.90. The molecule has 4 rings (SSSR count). The van der Waals surface area contributed by atoms with Gasteiger partial charge in [0.15, 0.2) is 11.5 Å². The quantitative estimate of drug-likeness (QED) is 0.889. The Hall–Kier alpha value is -2.12. The first-order valence-corrected chi connectivity index (χ1v) is 9.00. The lowest BCUT2D eigenvalue weighted by molar-refractivity contribution is 0.0946. The van der Waals surface area contributed by atoms with Gasteiger partial charge in [-0.25, -0.2) is 4.98 Å². The fraction of sp³-hybridized carbons (Fsp3) is 0.412. The summed E-state index contributed by atoms with van der Waals surface area (Å²) in [6.45, 7) is 2.71. The Morgan fingerprint density at radius 3 is 3.17 bits per heavy atom. The Morgan fingerprint density at radius 1 is 1.38 bits per heavy atom. The summed E-state index contributed by atoms with van der Waals surface area (Å²) in [5.41, 5.74) is 1.47. The van der Waals surface area contributed by atoms with Gasteiger partial charge in [-0.1, -0.05) is 6.07 Å². The molecule has 1 aromatic carbocycles. The van der Waals surface area contributed by atoms with Gasteiger partial charge in [0, 0.05) is 24.4 Å². The van der Waals surface area contributed by atoms with Gasteiger partial charge in [0.2, 0.25) is 6.79 Å². The number of ether oxygens (including phenoxy) is 2. The van der Waals surface area contributed by atoms with Crippen molar-refractivity contribution in [2.75, 3.05) is 19.9 Å². The Bertz CT molecular complexity index is 740. The van der Waals surface area contributed by atoms with E-state index in [1.165, 1.54) is 0 Å². The third-order valence-electron chi connectivity index (χ3n) is 4.29. The Kier molecular flexibility index (Phi) is 4.36. The monoisotopic (exact) mass is 345 g/mol. The third-order valence-corrected chi connectivity index (χ3v) is 5.30. The van der Waals surface area contributed by atoms with Crippen LogP contribution in [-0.4, -0.2) is 30.8 Å². The van der Waals surface area contributed by atoms with Crippen molar-refractivity contribution in [1.29, 1.82) is 0 Å². The second-order valence-electron chi connectivity index (χ2n) is 5.98. The van der Waals surface area contributed by atoms with E-state index in [-0.39, 0.29) is 12.7 Å². The highest BCUT2D eigenvalue weighted by molar-refractivity contribution is 7.09. The first kappa shape index (κ1) is 15.4. The van der Waals surface area contributed by atoms with Gasteiger partial charge in [0.05, 0.1) is 5.01 Å². The summed E-state index contributed by atoms with van der Waals surface area (Å²) < 4.78 is 10.6. The van der Waals surface area contributed by atoms with Crippen LogP contribution in [0, 0.1) is 0 Å². The molecule has 7 heteroatoms. The molecule has 2 aliphatic rings. The minimum atomic E-state index is -0.140. The molecule has 2 N–H and O–H groups in total. The molecule has 6 nitrogen and oxygen atoms in total. The average Bonchev–Trinajstić information content (AvgIpc) is 3.29. The molecule has 0 aliphatic carbocycles. The van der Waals surface area contributed by atoms with Gasteiger partial charge in [-0.15, -0.1) is 11.3 Å². The Balaban J connectivity index is 1.37. The molecule has 3 heterocycles. The number of fused-ring (bicyclic) bond motifs is 1. The molecule has 24 heavy (non-hydrogen) atoms. The van der Waals surface area contributed by atoms with Crippen molar-refractivity contribution in [3.8, 4) is 11.5 Å². The number of nitrogens with one attached hydrogen (secondary N) is 2. The summed E-state index contributed by atoms with van der Waals surface area (Å²) >= 11 is 1.57. The molecule has 0 bridgehead atoms. The number of hydrogen-bond donors (Lipinski definition) is 2. The molecule has 126 valence electrons. The lowest BCUT2D eigenvalue weighted by Crippen LogP contribution is -2.28. The Morgan fingerprint density at radius 2 is 2.29 bits per heavy atom. The van der Waals surface area contributed by atoms with Crippen LogP contribution >= 0.6 is 11.3 Å². The van der Waals surface area contributed by atoms with Crippen LogP contribution in [0.15, 0.2) is 23.6 Å². The van der Waals surface area contributed by atoms with Gasteiger partial charge in [0.1, 0.15) is 5.69 Å². The summed E-state index contributed by atoms with van der Waals surface area (Å²) in [5.74, 6) is 1.76. The van der Waals surface area contributed by atoms with Crippen LogP contribution in [0.2, 0.25) is 0 Å². The highest BCUT2D eigenvalue weighted by Gasteiger charge is 2.20. The van der Waals surface area contributed by atoms with Gasteiger partial charge in [-0.2, -0.15) is 0 Å². The number of carbonyl (C=O) groups excluding carboxylic acids is 1. The summed E-state index contributed by atoms with van der Waals surface area (Å²) in [6.07, 6.45) is 2.30. The molecule has 0 spiro atoms. The zero-order chi connectivity index (χ0) is 16.4. The maximum atomic E-state index is 12.3. The van der Waals surface area contributed by atoms with Crippen molar-refractivity contribution in [3.05, 3.63) is 39.8 Å². The van der Waals surface area contributed by atoms with E-state index in [2.05, 4.69) is 15.6 Å². The maximum Gasteiger partial charge on any atom is 0.271 e. The fourth-order valence-electron chi connectivity index (χ4n) is 2.97. The summed E-state index contributed by atoms with van der Waals surface area (Å²) in [5, 5.41) is 9.20. The van der Waals surface area contributed by atoms with Gasteiger partial charge >= 0.3 is 0 Å². The number of thiazole rings is 1. The van der Waals surface area contributed by atoms with Gasteiger partial charge in [-0.05, 0) is 37.1 Å². The molecule has 1 amide bonds. The number of hydrogen-bond acceptors (Lipinski definition) is 6. The highest BCUT2D eigenvalue weighted by atomic mass is 32.1. The largest absolute Gasteiger partial charge is 0.454 e. The smallest absolute Gasteiger partial charge is 0.271 e. The van der Waals surface area contributed by atoms with Crippen molar-refractivity contribution in [2.45, 2.75) is 25.3 Å². The molecule has 1 unspecified atom stereocenters. The van der Waals surface area contributed by atoms with Gasteiger partial charge in [0.25, 0.3) is 5.91 Å². The van der Waals surface area contributed by atoms with Crippen molar-refractivity contribution in [3.63, 3.8) is 0 Å². The van der Waals surface area contributed by atoms with Crippen LogP contribution < -0.4 is 20.1 Å². The molecule has 1 aromatic heterocycles. The number of carbonyl (C=O) groups is 1. The van der Waals surface area contributed by atoms with Crippen LogP contribution in [0.1, 0.15) is 39.8 Å². The summed E-state index contributed by atoms with van der Waals surface area (Å²) in [6, 6.07) is 5.68. The first-order valence-electron chi connectivity index (χ1n) is 8.12. The van der Waals surface area contributed by atoms with E-state index in [1.807, 2.05) is 23.6 Å². The highest BCUT2D eigenvalue weighted by Crippen LogP contribution is 2.32. The molecule has 1 atom stereocenters. The predicted molar refractivity (Wildman–Crippen MR) is 90.7 cm³/mol. The molecule has 2 aliphatic heterocycles. The molecule has 0 saturated carbocycles. The molecule has 0 radical (unpaired) electrons. The number of aromatic nitrogens is 1. The molecule has 1 saturated heterocycles. The van der Waals surface area contributed by atoms with Crippen molar-refractivity contribution >= 4 is 17.2 Å². The van der Waals surface area contributed by atoms with E-state index < -0.39 is 0 Å². The van der Waals surface area contributed by atoms with Crippen LogP contribution in [0.25, 0.3) is 0 Å². The zero-order valence-corrected chi connectivity index (χ0v) is 14.0. The van der Waals surface area contributed by atoms with Crippen molar-refractivity contribution < 1.29 is 14.3 Å². The zero-order valence-electron chi connectivity index (χ0n) is 13.2. The minimum absolute atomic E-state index is 0.140. The van der Waals surface area contributed by atoms with Gasteiger partial charge in [-0.3, -0.25) is 4.79 Å². The van der Waals surface area contributed by atoms with Crippen molar-refractivity contribution in [2.24, 2.45) is 0 Å². The third kappa shape index (κ3) is 3.22. The molecule has 2 aromatic rings. The maximum absolute atomic E-state index is 12.3. The minimum Gasteiger partial charge on any atom is -0.454 e. The van der Waals surface area contributed by atoms with Crippen LogP contribution in [0.4, 0.5) is 0 Å². The van der Waals surface area contributed by atoms with Gasteiger partial charge < -0.3 is 20.1 Å². The standard InChI is InChI=1S/C17H19N3O3S/c21-16(13-9-24-17(20-13)12-2-1-5-18-8-12)19-7-11-3-4-14-15(6-11)23-10-22-14/h3-4,6,9,12,18H,1-2,5,7-8,10H2,(H,19,21). The van der Waals surface area contributed by atoms with E-state index in [0.29, 0.717) is 18.2 Å². The number of nitrogens with zero attached hydrogens (tertiary/aromatic N) is 1. The number of rotatable bonds is 4. The SMILES string of the molecule is O=C(NCc1ccc2c(c1)OCO2)c1csc(C2CCCNC2)n1. The molecule has 1 fully saturated rings. The number of amides is 1. The topological polar surface area (TPSA) is 72.5 Å². The van der Waals surface area contributed by atoms with Crippen LogP contribution in [-0.2, 0) is 6.54 Å². The first-order chi connectivity index (χ1) is 11.8. The van der Waals surface area contributed by atoms with Crippen molar-refractivity contribution in [1.82, 2.24) is 15.6 Å². The molecular weight excluding hydrogens is 326 g/mol. The van der Waals surface area contributed by atoms with E-state index in [0.717, 1.165) is 48.0 Å². The predicted octanol–water partition coefficient (Wildman–Crippen LogP) is 2.27. The summed E-state index contributed by atoms with van der Waals surface area (Å²) in [7, 11) is 0. The second-order valence-corrected chi connectivity index (χ2v) is 6.87. The lowest BCUT2D eigenvalue weighted by Gasteiger charge is -2.20. The van der Waals surface area contributed by atoms with Crippen LogP contribution in [0.5, 0.6) is 11.5 Å². The summed E-state index contributed by atoms with van der Waals surface area (Å²) in [4.78, 5) is 16.8. The second kappa shape index (κ2) is 6.78. The normalized spacial score (nSPS) is 19.2. The van der Waals surface area contributed by atoms with Crippen LogP contribution in [0.3, 0.4) is 0 Å². The lowest BCUT2D eigenvalue weighted by atomic mass is 10.0. The molecular formula is C17H19N3O3S. The van der Waals surface area contributed by atoms with E-state index in [4.69, 9.17) is 9.47 Å². The number of piperidine rings is 1. The number of benzene rings is 1.